The molecule has 1 aromatic rings. The lowest BCUT2D eigenvalue weighted by Crippen LogP contribution is -2.20. The molecule has 0 bridgehead atoms. The first kappa shape index (κ1) is 14.0. The van der Waals surface area contributed by atoms with Crippen molar-refractivity contribution in [2.45, 2.75) is 50.6 Å². The van der Waals surface area contributed by atoms with E-state index in [1.54, 1.807) is 7.11 Å². The number of methoxy groups -OCH3 is 1. The molecule has 1 N–H and O–H groups in total. The Kier molecular flexibility index (Phi) is 3.90. The Hall–Kier alpha value is -0.650. The number of ether oxygens (including phenoxy) is 1. The van der Waals surface area contributed by atoms with Crippen molar-refractivity contribution in [3.05, 3.63) is 10.6 Å². The molecule has 0 radical (unpaired) electrons. The summed E-state index contributed by atoms with van der Waals surface area (Å²) < 4.78 is 5.31. The molecule has 21 heavy (non-hydrogen) atoms. The maximum Gasteiger partial charge on any atom is 0.185 e. The van der Waals surface area contributed by atoms with Gasteiger partial charge in [-0.05, 0) is 32.1 Å². The molecule has 1 unspecified atom stereocenters. The molecule has 0 aromatic carbocycles. The molecule has 1 aliphatic heterocycles. The Labute approximate surface area is 130 Å². The monoisotopic (exact) mass is 307 g/mol. The van der Waals surface area contributed by atoms with Crippen LogP contribution in [0.25, 0.3) is 0 Å². The van der Waals surface area contributed by atoms with Gasteiger partial charge < -0.3 is 15.0 Å². The van der Waals surface area contributed by atoms with Crippen molar-refractivity contribution in [2.75, 3.05) is 31.7 Å². The highest BCUT2D eigenvalue weighted by Crippen LogP contribution is 2.44. The highest BCUT2D eigenvalue weighted by Gasteiger charge is 2.32. The average Bonchev–Trinajstić information content (AvgIpc) is 3.40. The van der Waals surface area contributed by atoms with Crippen LogP contribution in [0.3, 0.4) is 0 Å². The van der Waals surface area contributed by atoms with Crippen molar-refractivity contribution >= 4 is 16.5 Å². The molecule has 1 saturated heterocycles. The third kappa shape index (κ3) is 3.25. The summed E-state index contributed by atoms with van der Waals surface area (Å²) in [7, 11) is 1.80. The number of anilines is 1. The van der Waals surface area contributed by atoms with Gasteiger partial charge in [0, 0.05) is 49.5 Å². The van der Waals surface area contributed by atoms with Gasteiger partial charge in [-0.3, -0.25) is 0 Å². The number of hydrogen-bond donors (Lipinski definition) is 1. The van der Waals surface area contributed by atoms with Crippen molar-refractivity contribution in [1.82, 2.24) is 10.3 Å². The second-order valence-electron chi connectivity index (χ2n) is 6.79. The zero-order valence-electron chi connectivity index (χ0n) is 12.8. The Morgan fingerprint density at radius 3 is 2.86 bits per heavy atom. The third-order valence-corrected chi connectivity index (χ3v) is 5.90. The van der Waals surface area contributed by atoms with Gasteiger partial charge in [0.15, 0.2) is 5.13 Å². The molecular weight excluding hydrogens is 282 g/mol. The molecule has 0 amide bonds. The van der Waals surface area contributed by atoms with Crippen molar-refractivity contribution < 1.29 is 4.74 Å². The minimum absolute atomic E-state index is 0.677. The van der Waals surface area contributed by atoms with E-state index >= 15 is 0 Å². The Bertz CT molecular complexity index is 496. The van der Waals surface area contributed by atoms with E-state index in [4.69, 9.17) is 9.72 Å². The first-order valence-corrected chi connectivity index (χ1v) is 9.12. The summed E-state index contributed by atoms with van der Waals surface area (Å²) in [6.45, 7) is 4.17. The van der Waals surface area contributed by atoms with Crippen molar-refractivity contribution in [1.29, 1.82) is 0 Å². The standard InChI is InChI=1S/C16H25N3OS/c1-20-10-11-6-7-19(9-11)16-18-15(12-2-3-12)14(21-16)8-17-13-4-5-13/h11-13,17H,2-10H2,1H3. The van der Waals surface area contributed by atoms with Crippen LogP contribution in [0.15, 0.2) is 0 Å². The van der Waals surface area contributed by atoms with Gasteiger partial charge >= 0.3 is 0 Å². The maximum atomic E-state index is 5.31. The fourth-order valence-electron chi connectivity index (χ4n) is 3.19. The van der Waals surface area contributed by atoms with E-state index in [2.05, 4.69) is 10.2 Å². The van der Waals surface area contributed by atoms with Gasteiger partial charge in [-0.15, -0.1) is 11.3 Å². The van der Waals surface area contributed by atoms with Crippen LogP contribution in [0, 0.1) is 5.92 Å². The normalized spacial score (nSPS) is 25.8. The van der Waals surface area contributed by atoms with Gasteiger partial charge in [0.05, 0.1) is 12.3 Å². The number of nitrogens with one attached hydrogen (secondary N) is 1. The van der Waals surface area contributed by atoms with E-state index in [0.29, 0.717) is 5.92 Å². The lowest BCUT2D eigenvalue weighted by atomic mass is 10.1. The molecule has 2 heterocycles. The molecule has 0 spiro atoms. The molecule has 116 valence electrons. The first-order valence-electron chi connectivity index (χ1n) is 8.30. The summed E-state index contributed by atoms with van der Waals surface area (Å²) in [6, 6.07) is 0.778. The minimum atomic E-state index is 0.677. The molecule has 4 nitrogen and oxygen atoms in total. The molecule has 2 aliphatic carbocycles. The zero-order chi connectivity index (χ0) is 14.2. The van der Waals surface area contributed by atoms with E-state index in [1.165, 1.54) is 47.8 Å². The van der Waals surface area contributed by atoms with Gasteiger partial charge in [-0.25, -0.2) is 4.98 Å². The van der Waals surface area contributed by atoms with Gasteiger partial charge in [0.25, 0.3) is 0 Å². The molecular formula is C16H25N3OS. The van der Waals surface area contributed by atoms with E-state index in [1.807, 2.05) is 11.3 Å². The van der Waals surface area contributed by atoms with Crippen LogP contribution in [0.1, 0.15) is 48.6 Å². The second kappa shape index (κ2) is 5.86. The molecule has 2 saturated carbocycles. The van der Waals surface area contributed by atoms with Gasteiger partial charge in [0.1, 0.15) is 0 Å². The van der Waals surface area contributed by atoms with E-state index < -0.39 is 0 Å². The van der Waals surface area contributed by atoms with Crippen LogP contribution in [-0.4, -0.2) is 37.8 Å². The lowest BCUT2D eigenvalue weighted by molar-refractivity contribution is 0.161. The summed E-state index contributed by atoms with van der Waals surface area (Å²) in [5.74, 6) is 1.43. The average molecular weight is 307 g/mol. The predicted octanol–water partition coefficient (Wildman–Crippen LogP) is 2.75. The summed E-state index contributed by atoms with van der Waals surface area (Å²) in [5.41, 5.74) is 1.40. The Balaban J connectivity index is 1.45. The third-order valence-electron chi connectivity index (χ3n) is 4.77. The minimum Gasteiger partial charge on any atom is -0.384 e. The summed E-state index contributed by atoms with van der Waals surface area (Å²) in [4.78, 5) is 8.98. The number of thiazole rings is 1. The summed E-state index contributed by atoms with van der Waals surface area (Å²) >= 11 is 1.93. The summed E-state index contributed by atoms with van der Waals surface area (Å²) in [6.07, 6.45) is 6.63. The van der Waals surface area contributed by atoms with Crippen LogP contribution in [-0.2, 0) is 11.3 Å². The molecule has 3 aliphatic rings. The van der Waals surface area contributed by atoms with Gasteiger partial charge in [-0.2, -0.15) is 0 Å². The number of nitrogens with zero attached hydrogens (tertiary/aromatic N) is 2. The molecule has 4 rings (SSSR count). The Morgan fingerprint density at radius 1 is 1.29 bits per heavy atom. The van der Waals surface area contributed by atoms with Crippen LogP contribution in [0.4, 0.5) is 5.13 Å². The second-order valence-corrected chi connectivity index (χ2v) is 7.85. The highest BCUT2D eigenvalue weighted by atomic mass is 32.1. The maximum absolute atomic E-state index is 5.31. The first-order chi connectivity index (χ1) is 10.3. The molecule has 1 aromatic heterocycles. The van der Waals surface area contributed by atoms with Crippen molar-refractivity contribution in [3.8, 4) is 0 Å². The number of hydrogen-bond acceptors (Lipinski definition) is 5. The van der Waals surface area contributed by atoms with E-state index in [9.17, 15) is 0 Å². The number of aromatic nitrogens is 1. The van der Waals surface area contributed by atoms with E-state index in [-0.39, 0.29) is 0 Å². The topological polar surface area (TPSA) is 37.4 Å². The van der Waals surface area contributed by atoms with Gasteiger partial charge in [0.2, 0.25) is 0 Å². The van der Waals surface area contributed by atoms with E-state index in [0.717, 1.165) is 38.2 Å². The lowest BCUT2D eigenvalue weighted by Gasteiger charge is -2.14. The SMILES string of the molecule is COCC1CCN(c2nc(C3CC3)c(CNC3CC3)s2)C1. The highest BCUT2D eigenvalue weighted by molar-refractivity contribution is 7.15. The quantitative estimate of drug-likeness (QED) is 0.840. The number of rotatable bonds is 7. The van der Waals surface area contributed by atoms with Gasteiger partial charge in [-0.1, -0.05) is 0 Å². The van der Waals surface area contributed by atoms with Crippen LogP contribution in [0.2, 0.25) is 0 Å². The molecule has 1 atom stereocenters. The Morgan fingerprint density at radius 2 is 2.14 bits per heavy atom. The summed E-state index contributed by atoms with van der Waals surface area (Å²) in [5, 5.41) is 4.91. The zero-order valence-corrected chi connectivity index (χ0v) is 13.6. The smallest absolute Gasteiger partial charge is 0.185 e. The fraction of sp³-hybridized carbons (Fsp3) is 0.812. The molecule has 5 heteroatoms. The van der Waals surface area contributed by atoms with Crippen LogP contribution < -0.4 is 10.2 Å². The van der Waals surface area contributed by atoms with Crippen LogP contribution in [0.5, 0.6) is 0 Å². The molecule has 3 fully saturated rings. The van der Waals surface area contributed by atoms with Crippen molar-refractivity contribution in [2.24, 2.45) is 5.92 Å². The largest absolute Gasteiger partial charge is 0.384 e. The fourth-order valence-corrected chi connectivity index (χ4v) is 4.32. The van der Waals surface area contributed by atoms with Crippen molar-refractivity contribution in [3.63, 3.8) is 0 Å². The van der Waals surface area contributed by atoms with Crippen LogP contribution >= 0.6 is 11.3 Å². The predicted molar refractivity (Wildman–Crippen MR) is 86.1 cm³/mol.